The molecule has 3 heteroatoms. The van der Waals surface area contributed by atoms with Crippen molar-refractivity contribution >= 4 is 11.8 Å². The fraction of sp³-hybridized carbons (Fsp3) is 0.750. The van der Waals surface area contributed by atoms with Gasteiger partial charge >= 0.3 is 5.97 Å². The summed E-state index contributed by atoms with van der Waals surface area (Å²) in [5, 5.41) is 0. The minimum Gasteiger partial charge on any atom is -0.460 e. The number of carbonyl (C=O) groups excluding carboxylic acids is 2. The maximum absolute atomic E-state index is 11.9. The minimum absolute atomic E-state index is 0.154. The second-order valence-corrected chi connectivity index (χ2v) is 6.74. The lowest BCUT2D eigenvalue weighted by atomic mass is 9.76. The smallest absolute Gasteiger partial charge is 0.306 e. The summed E-state index contributed by atoms with van der Waals surface area (Å²) in [5.41, 5.74) is 0.766. The molecule has 0 saturated heterocycles. The van der Waals surface area contributed by atoms with Gasteiger partial charge in [0.05, 0.1) is 0 Å². The summed E-state index contributed by atoms with van der Waals surface area (Å²) in [4.78, 5) is 23.5. The highest BCUT2D eigenvalue weighted by Gasteiger charge is 2.30. The van der Waals surface area contributed by atoms with Crippen LogP contribution in [-0.4, -0.2) is 17.4 Å². The van der Waals surface area contributed by atoms with E-state index in [1.807, 2.05) is 34.6 Å². The van der Waals surface area contributed by atoms with Crippen molar-refractivity contribution in [2.45, 2.75) is 65.9 Å². The standard InChI is InChI=1S/C16H26O3/c1-11(2)8-13-9-14(17)7-6-12(13)10-15(18)19-16(3,4)5/h8,12-13H,6-7,9-10H2,1-5H3. The van der Waals surface area contributed by atoms with Crippen molar-refractivity contribution in [1.29, 1.82) is 0 Å². The van der Waals surface area contributed by atoms with Crippen LogP contribution in [-0.2, 0) is 14.3 Å². The molecule has 0 aliphatic heterocycles. The molecule has 1 rings (SSSR count). The van der Waals surface area contributed by atoms with E-state index in [9.17, 15) is 9.59 Å². The van der Waals surface area contributed by atoms with Gasteiger partial charge in [-0.05, 0) is 52.9 Å². The van der Waals surface area contributed by atoms with Crippen molar-refractivity contribution < 1.29 is 14.3 Å². The second kappa shape index (κ2) is 6.36. The minimum atomic E-state index is -0.437. The van der Waals surface area contributed by atoms with Crippen molar-refractivity contribution in [3.63, 3.8) is 0 Å². The highest BCUT2D eigenvalue weighted by atomic mass is 16.6. The largest absolute Gasteiger partial charge is 0.460 e. The maximum Gasteiger partial charge on any atom is 0.306 e. The van der Waals surface area contributed by atoms with E-state index in [-0.39, 0.29) is 17.8 Å². The lowest BCUT2D eigenvalue weighted by Crippen LogP contribution is -2.30. The highest BCUT2D eigenvalue weighted by molar-refractivity contribution is 5.80. The average Bonchev–Trinajstić information content (AvgIpc) is 2.18. The van der Waals surface area contributed by atoms with Gasteiger partial charge in [0.15, 0.2) is 0 Å². The molecule has 3 nitrogen and oxygen atoms in total. The first-order valence-electron chi connectivity index (χ1n) is 7.06. The van der Waals surface area contributed by atoms with E-state index in [0.29, 0.717) is 25.0 Å². The molecule has 0 amide bonds. The summed E-state index contributed by atoms with van der Waals surface area (Å²) in [6, 6.07) is 0. The highest BCUT2D eigenvalue weighted by Crippen LogP contribution is 2.33. The molecule has 1 saturated carbocycles. The number of hydrogen-bond acceptors (Lipinski definition) is 3. The molecule has 2 unspecified atom stereocenters. The van der Waals surface area contributed by atoms with E-state index in [4.69, 9.17) is 4.74 Å². The zero-order chi connectivity index (χ0) is 14.6. The Morgan fingerprint density at radius 2 is 2.00 bits per heavy atom. The molecule has 108 valence electrons. The van der Waals surface area contributed by atoms with Crippen LogP contribution in [0.3, 0.4) is 0 Å². The summed E-state index contributed by atoms with van der Waals surface area (Å²) in [7, 11) is 0. The van der Waals surface area contributed by atoms with Gasteiger partial charge in [-0.15, -0.1) is 0 Å². The van der Waals surface area contributed by atoms with Gasteiger partial charge in [-0.1, -0.05) is 11.6 Å². The lowest BCUT2D eigenvalue weighted by molar-refractivity contribution is -0.157. The molecular formula is C16H26O3. The van der Waals surface area contributed by atoms with Crippen molar-refractivity contribution in [3.8, 4) is 0 Å². The normalized spacial score (nSPS) is 23.9. The Balaban J connectivity index is 2.66. The van der Waals surface area contributed by atoms with Crippen molar-refractivity contribution in [1.82, 2.24) is 0 Å². The average molecular weight is 266 g/mol. The summed E-state index contributed by atoms with van der Waals surface area (Å²) in [5.74, 6) is 0.586. The predicted octanol–water partition coefficient (Wildman–Crippen LogP) is 3.67. The van der Waals surface area contributed by atoms with Gasteiger partial charge in [0.1, 0.15) is 11.4 Å². The molecule has 0 aromatic heterocycles. The van der Waals surface area contributed by atoms with E-state index in [1.54, 1.807) is 0 Å². The van der Waals surface area contributed by atoms with E-state index >= 15 is 0 Å². The first-order valence-corrected chi connectivity index (χ1v) is 7.06. The molecule has 1 fully saturated rings. The van der Waals surface area contributed by atoms with Crippen LogP contribution in [0, 0.1) is 11.8 Å². The number of ketones is 1. The second-order valence-electron chi connectivity index (χ2n) is 6.74. The number of ether oxygens (including phenoxy) is 1. The van der Waals surface area contributed by atoms with Crippen LogP contribution in [0.5, 0.6) is 0 Å². The zero-order valence-electron chi connectivity index (χ0n) is 12.8. The number of rotatable bonds is 3. The molecule has 0 aromatic carbocycles. The van der Waals surface area contributed by atoms with Crippen LogP contribution < -0.4 is 0 Å². The van der Waals surface area contributed by atoms with Crippen LogP contribution in [0.1, 0.15) is 60.3 Å². The fourth-order valence-electron chi connectivity index (χ4n) is 2.57. The summed E-state index contributed by atoms with van der Waals surface area (Å²) in [6.45, 7) is 9.70. The number of Topliss-reactive ketones (excluding diaryl/α,β-unsaturated/α-hetero) is 1. The summed E-state index contributed by atoms with van der Waals surface area (Å²) >= 11 is 0. The van der Waals surface area contributed by atoms with Gasteiger partial charge in [0.25, 0.3) is 0 Å². The van der Waals surface area contributed by atoms with E-state index in [0.717, 1.165) is 6.42 Å². The third-order valence-electron chi connectivity index (χ3n) is 3.26. The van der Waals surface area contributed by atoms with Crippen LogP contribution in [0.2, 0.25) is 0 Å². The van der Waals surface area contributed by atoms with Gasteiger partial charge in [-0.3, -0.25) is 9.59 Å². The zero-order valence-corrected chi connectivity index (χ0v) is 12.8. The van der Waals surface area contributed by atoms with Crippen molar-refractivity contribution in [2.24, 2.45) is 11.8 Å². The van der Waals surface area contributed by atoms with Gasteiger partial charge in [0.2, 0.25) is 0 Å². The number of esters is 1. The van der Waals surface area contributed by atoms with Gasteiger partial charge in [0, 0.05) is 19.3 Å². The van der Waals surface area contributed by atoms with Crippen molar-refractivity contribution in [3.05, 3.63) is 11.6 Å². The van der Waals surface area contributed by atoms with Gasteiger partial charge < -0.3 is 4.74 Å². The van der Waals surface area contributed by atoms with Crippen LogP contribution in [0.25, 0.3) is 0 Å². The molecule has 0 bridgehead atoms. The molecule has 0 aromatic rings. The number of hydrogen-bond donors (Lipinski definition) is 0. The summed E-state index contributed by atoms with van der Waals surface area (Å²) in [6.07, 6.45) is 4.51. The molecule has 19 heavy (non-hydrogen) atoms. The van der Waals surface area contributed by atoms with Gasteiger partial charge in [-0.2, -0.15) is 0 Å². The quantitative estimate of drug-likeness (QED) is 0.578. The third-order valence-corrected chi connectivity index (χ3v) is 3.26. The summed E-state index contributed by atoms with van der Waals surface area (Å²) < 4.78 is 5.38. The molecule has 0 radical (unpaired) electrons. The predicted molar refractivity (Wildman–Crippen MR) is 75.7 cm³/mol. The Bertz CT molecular complexity index is 370. The van der Waals surface area contributed by atoms with Crippen LogP contribution in [0.4, 0.5) is 0 Å². The first kappa shape index (κ1) is 15.9. The van der Waals surface area contributed by atoms with Crippen LogP contribution in [0.15, 0.2) is 11.6 Å². The molecule has 0 heterocycles. The molecule has 2 atom stereocenters. The lowest BCUT2D eigenvalue weighted by Gasteiger charge is -2.29. The number of allylic oxidation sites excluding steroid dienone is 2. The molecule has 0 N–H and O–H groups in total. The molecule has 1 aliphatic rings. The number of carbonyl (C=O) groups is 2. The molecule has 1 aliphatic carbocycles. The fourth-order valence-corrected chi connectivity index (χ4v) is 2.57. The van der Waals surface area contributed by atoms with Crippen molar-refractivity contribution in [2.75, 3.05) is 0 Å². The first-order chi connectivity index (χ1) is 8.67. The Kier molecular flexibility index (Phi) is 5.33. The topological polar surface area (TPSA) is 43.4 Å². The molecular weight excluding hydrogens is 240 g/mol. The van der Waals surface area contributed by atoms with E-state index < -0.39 is 5.60 Å². The maximum atomic E-state index is 11.9. The van der Waals surface area contributed by atoms with Crippen LogP contribution >= 0.6 is 0 Å². The van der Waals surface area contributed by atoms with Gasteiger partial charge in [-0.25, -0.2) is 0 Å². The SMILES string of the molecule is CC(C)=CC1CC(=O)CCC1CC(=O)OC(C)(C)C. The van der Waals surface area contributed by atoms with E-state index in [2.05, 4.69) is 6.08 Å². The molecule has 0 spiro atoms. The Morgan fingerprint density at radius 3 is 2.53 bits per heavy atom. The Labute approximate surface area is 116 Å². The Morgan fingerprint density at radius 1 is 1.37 bits per heavy atom. The monoisotopic (exact) mass is 266 g/mol. The third kappa shape index (κ3) is 6.04. The Hall–Kier alpha value is -1.12. The van der Waals surface area contributed by atoms with E-state index in [1.165, 1.54) is 5.57 Å².